The van der Waals surface area contributed by atoms with Gasteiger partial charge in [0, 0.05) is 87.9 Å². The molecule has 6 rings (SSSR count). The molecule has 2 aromatic carbocycles. The minimum Gasteiger partial charge on any atom is -0.381 e. The number of ether oxygens (including phenoxy) is 1. The SMILES string of the molecule is CCCN1CCN(c2ccc(C(=O)Nc3[nH]nc4c3CN(S(=O)(=O)c3cc(F)cc(F)c3)CC4)c(NC3CCOCC3)c2)CC1. The highest BCUT2D eigenvalue weighted by atomic mass is 32.2. The van der Waals surface area contributed by atoms with Gasteiger partial charge in [-0.15, -0.1) is 0 Å². The Hall–Kier alpha value is -3.59. The van der Waals surface area contributed by atoms with E-state index in [1.54, 1.807) is 0 Å². The first kappa shape index (κ1) is 31.4. The van der Waals surface area contributed by atoms with Crippen LogP contribution in [0.5, 0.6) is 0 Å². The van der Waals surface area contributed by atoms with Gasteiger partial charge in [0.15, 0.2) is 0 Å². The maximum absolute atomic E-state index is 13.8. The number of piperazine rings is 1. The predicted molar refractivity (Wildman–Crippen MR) is 167 cm³/mol. The third kappa shape index (κ3) is 6.98. The lowest BCUT2D eigenvalue weighted by Crippen LogP contribution is -2.46. The van der Waals surface area contributed by atoms with Gasteiger partial charge in [-0.25, -0.2) is 17.2 Å². The minimum absolute atomic E-state index is 0.0824. The Balaban J connectivity index is 1.22. The van der Waals surface area contributed by atoms with Crippen LogP contribution in [-0.4, -0.2) is 92.3 Å². The van der Waals surface area contributed by atoms with E-state index in [1.165, 1.54) is 0 Å². The molecule has 0 aliphatic carbocycles. The summed E-state index contributed by atoms with van der Waals surface area (Å²) in [6, 6.07) is 8.21. The minimum atomic E-state index is -4.20. The standard InChI is InChI=1S/C31H39F2N7O4S/c1-2-8-38-10-12-39(13-11-38)24-3-4-26(29(19-24)34-23-6-14-44-15-7-23)31(41)35-30-27-20-40(9-5-28(27)36-37-30)45(42,43)25-17-21(32)16-22(33)18-25/h3-4,16-19,23,34H,2,5-15,20H2,1H3,(H2,35,36,37,41). The summed E-state index contributed by atoms with van der Waals surface area (Å²) in [7, 11) is -4.20. The molecular weight excluding hydrogens is 604 g/mol. The molecule has 0 atom stereocenters. The topological polar surface area (TPSA) is 123 Å². The number of amides is 1. The van der Waals surface area contributed by atoms with Gasteiger partial charge in [0.1, 0.15) is 17.5 Å². The third-order valence-electron chi connectivity index (χ3n) is 8.70. The number of H-pyrrole nitrogens is 1. The van der Waals surface area contributed by atoms with Gasteiger partial charge in [-0.2, -0.15) is 9.40 Å². The molecule has 242 valence electrons. The molecule has 3 N–H and O–H groups in total. The molecule has 0 radical (unpaired) electrons. The lowest BCUT2D eigenvalue weighted by molar-refractivity contribution is 0.0904. The number of rotatable bonds is 9. The Kier molecular flexibility index (Phi) is 9.36. The molecule has 2 saturated heterocycles. The van der Waals surface area contributed by atoms with Crippen molar-refractivity contribution in [3.8, 4) is 0 Å². The van der Waals surface area contributed by atoms with E-state index in [0.29, 0.717) is 36.1 Å². The van der Waals surface area contributed by atoms with E-state index in [0.717, 1.165) is 79.8 Å². The van der Waals surface area contributed by atoms with Crippen molar-refractivity contribution in [3.05, 3.63) is 64.9 Å². The molecule has 3 aliphatic heterocycles. The lowest BCUT2D eigenvalue weighted by Gasteiger charge is -2.36. The quantitative estimate of drug-likeness (QED) is 0.322. The van der Waals surface area contributed by atoms with Crippen molar-refractivity contribution < 1.29 is 26.7 Å². The van der Waals surface area contributed by atoms with Crippen molar-refractivity contribution in [2.45, 2.75) is 50.1 Å². The molecule has 0 bridgehead atoms. The van der Waals surface area contributed by atoms with Gasteiger partial charge in [0.2, 0.25) is 10.0 Å². The molecule has 0 saturated carbocycles. The average molecular weight is 644 g/mol. The van der Waals surface area contributed by atoms with Crippen LogP contribution in [0.15, 0.2) is 41.3 Å². The number of benzene rings is 2. The van der Waals surface area contributed by atoms with Crippen LogP contribution in [0.4, 0.5) is 26.0 Å². The maximum atomic E-state index is 13.8. The first-order valence-electron chi connectivity index (χ1n) is 15.5. The molecule has 14 heteroatoms. The summed E-state index contributed by atoms with van der Waals surface area (Å²) in [5.41, 5.74) is 3.36. The van der Waals surface area contributed by atoms with Crippen LogP contribution >= 0.6 is 0 Å². The molecule has 3 aromatic rings. The van der Waals surface area contributed by atoms with Crippen LogP contribution in [-0.2, 0) is 27.7 Å². The number of anilines is 3. The van der Waals surface area contributed by atoms with E-state index in [2.05, 4.69) is 37.6 Å². The summed E-state index contributed by atoms with van der Waals surface area (Å²) in [6.45, 7) is 8.35. The van der Waals surface area contributed by atoms with Crippen LogP contribution in [0.1, 0.15) is 47.8 Å². The van der Waals surface area contributed by atoms with Crippen LogP contribution in [0, 0.1) is 11.6 Å². The Labute approximate surface area is 262 Å². The zero-order chi connectivity index (χ0) is 31.6. The van der Waals surface area contributed by atoms with Crippen LogP contribution in [0.2, 0.25) is 0 Å². The summed E-state index contributed by atoms with van der Waals surface area (Å²) < 4.78 is 60.9. The van der Waals surface area contributed by atoms with Gasteiger partial charge in [-0.3, -0.25) is 14.8 Å². The van der Waals surface area contributed by atoms with Gasteiger partial charge < -0.3 is 20.3 Å². The third-order valence-corrected chi connectivity index (χ3v) is 10.5. The summed E-state index contributed by atoms with van der Waals surface area (Å²) >= 11 is 0. The second-order valence-corrected chi connectivity index (χ2v) is 13.7. The number of aromatic amines is 1. The normalized spacial score (nSPS) is 18.5. The molecule has 0 unspecified atom stereocenters. The zero-order valence-electron chi connectivity index (χ0n) is 25.3. The van der Waals surface area contributed by atoms with Crippen LogP contribution < -0.4 is 15.5 Å². The van der Waals surface area contributed by atoms with Crippen molar-refractivity contribution in [1.29, 1.82) is 0 Å². The second kappa shape index (κ2) is 13.4. The van der Waals surface area contributed by atoms with Crippen LogP contribution in [0.3, 0.4) is 0 Å². The van der Waals surface area contributed by atoms with Gasteiger partial charge in [0.05, 0.1) is 16.2 Å². The maximum Gasteiger partial charge on any atom is 0.258 e. The van der Waals surface area contributed by atoms with E-state index in [9.17, 15) is 22.0 Å². The van der Waals surface area contributed by atoms with Crippen molar-refractivity contribution in [2.75, 3.05) is 68.0 Å². The van der Waals surface area contributed by atoms with E-state index < -0.39 is 26.6 Å². The molecule has 0 spiro atoms. The number of fused-ring (bicyclic) bond motifs is 1. The fourth-order valence-corrected chi connectivity index (χ4v) is 7.69. The monoisotopic (exact) mass is 643 g/mol. The molecular formula is C31H39F2N7O4S. The number of nitrogens with one attached hydrogen (secondary N) is 3. The molecule has 11 nitrogen and oxygen atoms in total. The second-order valence-electron chi connectivity index (χ2n) is 11.8. The zero-order valence-corrected chi connectivity index (χ0v) is 26.1. The number of halogens is 2. The van der Waals surface area contributed by atoms with E-state index in [-0.39, 0.29) is 37.3 Å². The number of aromatic nitrogens is 2. The van der Waals surface area contributed by atoms with Gasteiger partial charge in [-0.1, -0.05) is 6.92 Å². The van der Waals surface area contributed by atoms with E-state index >= 15 is 0 Å². The highest BCUT2D eigenvalue weighted by Crippen LogP contribution is 2.31. The van der Waals surface area contributed by atoms with Crippen molar-refractivity contribution >= 4 is 33.1 Å². The summed E-state index contributed by atoms with van der Waals surface area (Å²) in [5, 5.41) is 13.7. The first-order valence-corrected chi connectivity index (χ1v) is 16.9. The number of carbonyl (C=O) groups excluding carboxylic acids is 1. The molecule has 4 heterocycles. The Morgan fingerprint density at radius 1 is 1.04 bits per heavy atom. The fraction of sp³-hybridized carbons (Fsp3) is 0.484. The highest BCUT2D eigenvalue weighted by Gasteiger charge is 2.32. The summed E-state index contributed by atoms with van der Waals surface area (Å²) in [4.78, 5) is 18.1. The Morgan fingerprint density at radius 3 is 2.49 bits per heavy atom. The summed E-state index contributed by atoms with van der Waals surface area (Å²) in [6.07, 6.45) is 3.06. The number of sulfonamides is 1. The van der Waals surface area contributed by atoms with Crippen molar-refractivity contribution in [2.24, 2.45) is 0 Å². The van der Waals surface area contributed by atoms with Gasteiger partial charge >= 0.3 is 0 Å². The number of carbonyl (C=O) groups is 1. The number of hydrogen-bond donors (Lipinski definition) is 3. The molecule has 2 fully saturated rings. The summed E-state index contributed by atoms with van der Waals surface area (Å²) in [5.74, 6) is -2.04. The first-order chi connectivity index (χ1) is 21.7. The average Bonchev–Trinajstić information content (AvgIpc) is 3.43. The molecule has 3 aliphatic rings. The predicted octanol–water partition coefficient (Wildman–Crippen LogP) is 3.81. The number of hydrogen-bond acceptors (Lipinski definition) is 8. The number of nitrogens with zero attached hydrogens (tertiary/aromatic N) is 4. The van der Waals surface area contributed by atoms with Crippen molar-refractivity contribution in [3.63, 3.8) is 0 Å². The smallest absolute Gasteiger partial charge is 0.258 e. The molecule has 1 aromatic heterocycles. The van der Waals surface area contributed by atoms with Crippen LogP contribution in [0.25, 0.3) is 0 Å². The Bertz CT molecular complexity index is 1620. The van der Waals surface area contributed by atoms with Gasteiger partial charge in [0.25, 0.3) is 5.91 Å². The molecule has 1 amide bonds. The largest absolute Gasteiger partial charge is 0.381 e. The van der Waals surface area contributed by atoms with E-state index in [1.807, 2.05) is 18.2 Å². The molecule has 45 heavy (non-hydrogen) atoms. The highest BCUT2D eigenvalue weighted by molar-refractivity contribution is 7.89. The van der Waals surface area contributed by atoms with E-state index in [4.69, 9.17) is 4.74 Å². The fourth-order valence-electron chi connectivity index (χ4n) is 6.24. The van der Waals surface area contributed by atoms with Crippen molar-refractivity contribution in [1.82, 2.24) is 19.4 Å². The lowest BCUT2D eigenvalue weighted by atomic mass is 10.1. The van der Waals surface area contributed by atoms with Gasteiger partial charge in [-0.05, 0) is 56.1 Å². The Morgan fingerprint density at radius 2 is 1.78 bits per heavy atom.